The van der Waals surface area contributed by atoms with Crippen molar-refractivity contribution in [2.24, 2.45) is 11.8 Å². The number of carbonyl (C=O) groups is 1. The monoisotopic (exact) mass is 359 g/mol. The second-order valence-corrected chi connectivity index (χ2v) is 7.72. The van der Waals surface area contributed by atoms with Crippen LogP contribution in [0, 0.1) is 11.8 Å². The predicted molar refractivity (Wildman–Crippen MR) is 72.4 cm³/mol. The number of carbonyl (C=O) groups excluding carboxylic acids is 1. The molecule has 4 nitrogen and oxygen atoms in total. The normalized spacial score (nSPS) is 25.6. The van der Waals surface area contributed by atoms with Crippen molar-refractivity contribution in [1.29, 1.82) is 0 Å². The van der Waals surface area contributed by atoms with Gasteiger partial charge in [0.2, 0.25) is 5.91 Å². The number of alkyl halides is 1. The van der Waals surface area contributed by atoms with Crippen molar-refractivity contribution in [2.75, 3.05) is 15.9 Å². The molecule has 1 saturated heterocycles. The number of hydrogen-bond acceptors (Lipinski definition) is 3. The van der Waals surface area contributed by atoms with Crippen LogP contribution in [-0.4, -0.2) is 36.3 Å². The van der Waals surface area contributed by atoms with E-state index in [9.17, 15) is 13.2 Å². The van der Waals surface area contributed by atoms with Gasteiger partial charge in [-0.2, -0.15) is 0 Å². The Morgan fingerprint density at radius 1 is 1.50 bits per heavy atom. The molecule has 1 amide bonds. The van der Waals surface area contributed by atoms with Crippen LogP contribution in [0.3, 0.4) is 0 Å². The van der Waals surface area contributed by atoms with Gasteiger partial charge in [-0.15, -0.1) is 0 Å². The van der Waals surface area contributed by atoms with Gasteiger partial charge in [-0.3, -0.25) is 4.79 Å². The van der Waals surface area contributed by atoms with E-state index < -0.39 is 9.84 Å². The fraction of sp³-hybridized carbons (Fsp3) is 0.900. The molecule has 6 heteroatoms. The minimum Gasteiger partial charge on any atom is -0.352 e. The zero-order chi connectivity index (χ0) is 12.3. The lowest BCUT2D eigenvalue weighted by atomic mass is 10.0. The molecule has 2 unspecified atom stereocenters. The van der Waals surface area contributed by atoms with Gasteiger partial charge in [0.15, 0.2) is 9.84 Å². The van der Waals surface area contributed by atoms with E-state index >= 15 is 0 Å². The van der Waals surface area contributed by atoms with Gasteiger partial charge in [0.05, 0.1) is 17.4 Å². The molecule has 1 rings (SSSR count). The first-order chi connectivity index (χ1) is 7.35. The van der Waals surface area contributed by atoms with Gasteiger partial charge in [0, 0.05) is 10.5 Å². The smallest absolute Gasteiger partial charge is 0.224 e. The van der Waals surface area contributed by atoms with E-state index in [1.807, 2.05) is 0 Å². The maximum absolute atomic E-state index is 11.8. The fourth-order valence-electron chi connectivity index (χ4n) is 1.69. The highest BCUT2D eigenvalue weighted by atomic mass is 127. The van der Waals surface area contributed by atoms with Crippen molar-refractivity contribution in [3.05, 3.63) is 0 Å². The Kier molecular flexibility index (Phi) is 5.03. The minimum absolute atomic E-state index is 0.0187. The standard InChI is InChI=1S/C10H18INO3S/c1-7(2)9(5-11)12-10(13)8-3-4-16(14,15)6-8/h7-9H,3-6H2,1-2H3,(H,12,13). The van der Waals surface area contributed by atoms with Crippen molar-refractivity contribution in [1.82, 2.24) is 5.32 Å². The molecule has 16 heavy (non-hydrogen) atoms. The largest absolute Gasteiger partial charge is 0.352 e. The minimum atomic E-state index is -2.97. The molecule has 94 valence electrons. The highest BCUT2D eigenvalue weighted by Gasteiger charge is 2.33. The molecule has 0 saturated carbocycles. The number of nitrogens with one attached hydrogen (secondary N) is 1. The molecule has 0 bridgehead atoms. The van der Waals surface area contributed by atoms with Crippen LogP contribution in [0.4, 0.5) is 0 Å². The summed E-state index contributed by atoms with van der Waals surface area (Å²) in [4.78, 5) is 11.8. The summed E-state index contributed by atoms with van der Waals surface area (Å²) in [6.07, 6.45) is 0.472. The first-order valence-corrected chi connectivity index (χ1v) is 8.77. The third kappa shape index (κ3) is 3.87. The second kappa shape index (κ2) is 5.66. The van der Waals surface area contributed by atoms with E-state index in [1.54, 1.807) is 0 Å². The maximum Gasteiger partial charge on any atom is 0.224 e. The summed E-state index contributed by atoms with van der Waals surface area (Å²) in [5.41, 5.74) is 0. The molecular weight excluding hydrogens is 341 g/mol. The molecule has 0 radical (unpaired) electrons. The highest BCUT2D eigenvalue weighted by molar-refractivity contribution is 14.1. The van der Waals surface area contributed by atoms with E-state index in [0.29, 0.717) is 12.3 Å². The van der Waals surface area contributed by atoms with Gasteiger partial charge >= 0.3 is 0 Å². The molecule has 1 fully saturated rings. The Bertz CT molecular complexity index is 353. The number of sulfone groups is 1. The van der Waals surface area contributed by atoms with Crippen LogP contribution in [0.25, 0.3) is 0 Å². The van der Waals surface area contributed by atoms with Crippen LogP contribution in [0.1, 0.15) is 20.3 Å². The molecule has 0 aromatic heterocycles. The Balaban J connectivity index is 2.53. The highest BCUT2D eigenvalue weighted by Crippen LogP contribution is 2.19. The fourth-order valence-corrected chi connectivity index (χ4v) is 4.66. The number of halogens is 1. The Labute approximate surface area is 111 Å². The van der Waals surface area contributed by atoms with E-state index in [-0.39, 0.29) is 29.4 Å². The van der Waals surface area contributed by atoms with Gasteiger partial charge < -0.3 is 5.32 Å². The van der Waals surface area contributed by atoms with Crippen LogP contribution in [0.15, 0.2) is 0 Å². The summed E-state index contributed by atoms with van der Waals surface area (Å²) in [7, 11) is -2.97. The van der Waals surface area contributed by atoms with E-state index in [2.05, 4.69) is 41.8 Å². The number of hydrogen-bond donors (Lipinski definition) is 1. The SMILES string of the molecule is CC(C)C(CI)NC(=O)C1CCS(=O)(=O)C1. The Morgan fingerprint density at radius 2 is 2.12 bits per heavy atom. The van der Waals surface area contributed by atoms with Gasteiger partial charge in [-0.1, -0.05) is 36.4 Å². The van der Waals surface area contributed by atoms with E-state index in [1.165, 1.54) is 0 Å². The summed E-state index contributed by atoms with van der Waals surface area (Å²) in [6, 6.07) is 0.136. The van der Waals surface area contributed by atoms with Gasteiger partial charge in [0.1, 0.15) is 0 Å². The van der Waals surface area contributed by atoms with Crippen LogP contribution in [0.5, 0.6) is 0 Å². The first kappa shape index (κ1) is 14.2. The molecule has 1 N–H and O–H groups in total. The van der Waals surface area contributed by atoms with Crippen LogP contribution >= 0.6 is 22.6 Å². The third-order valence-electron chi connectivity index (χ3n) is 2.90. The Hall–Kier alpha value is 0.150. The van der Waals surface area contributed by atoms with Crippen LogP contribution < -0.4 is 5.32 Å². The zero-order valence-corrected chi connectivity index (χ0v) is 12.5. The molecule has 0 aromatic rings. The zero-order valence-electron chi connectivity index (χ0n) is 9.57. The summed E-state index contributed by atoms with van der Waals surface area (Å²) in [5, 5.41) is 2.93. The number of amides is 1. The van der Waals surface area contributed by atoms with Crippen molar-refractivity contribution >= 4 is 38.3 Å². The molecular formula is C10H18INO3S. The lowest BCUT2D eigenvalue weighted by molar-refractivity contribution is -0.125. The average Bonchev–Trinajstić information content (AvgIpc) is 2.54. The summed E-state index contributed by atoms with van der Waals surface area (Å²) in [5.74, 6) is 0.108. The molecule has 1 aliphatic heterocycles. The maximum atomic E-state index is 11.8. The van der Waals surface area contributed by atoms with E-state index in [4.69, 9.17) is 0 Å². The lowest BCUT2D eigenvalue weighted by Crippen LogP contribution is -2.43. The van der Waals surface area contributed by atoms with Crippen molar-refractivity contribution in [3.8, 4) is 0 Å². The quantitative estimate of drug-likeness (QED) is 0.602. The van der Waals surface area contributed by atoms with Crippen molar-refractivity contribution in [3.63, 3.8) is 0 Å². The molecule has 1 heterocycles. The van der Waals surface area contributed by atoms with E-state index in [0.717, 1.165) is 4.43 Å². The Morgan fingerprint density at radius 3 is 2.50 bits per heavy atom. The van der Waals surface area contributed by atoms with Gasteiger partial charge in [0.25, 0.3) is 0 Å². The second-order valence-electron chi connectivity index (χ2n) is 4.61. The summed E-state index contributed by atoms with van der Waals surface area (Å²) >= 11 is 2.24. The predicted octanol–water partition coefficient (Wildman–Crippen LogP) is 0.997. The third-order valence-corrected chi connectivity index (χ3v) is 5.62. The lowest BCUT2D eigenvalue weighted by Gasteiger charge is -2.21. The van der Waals surface area contributed by atoms with Gasteiger partial charge in [-0.25, -0.2) is 8.42 Å². The van der Waals surface area contributed by atoms with Crippen LogP contribution in [-0.2, 0) is 14.6 Å². The van der Waals surface area contributed by atoms with Gasteiger partial charge in [-0.05, 0) is 12.3 Å². The summed E-state index contributed by atoms with van der Waals surface area (Å²) < 4.78 is 23.4. The molecule has 2 atom stereocenters. The number of rotatable bonds is 4. The van der Waals surface area contributed by atoms with Crippen molar-refractivity contribution < 1.29 is 13.2 Å². The van der Waals surface area contributed by atoms with Crippen molar-refractivity contribution in [2.45, 2.75) is 26.3 Å². The average molecular weight is 359 g/mol. The molecule has 0 aliphatic carbocycles. The molecule has 1 aliphatic rings. The topological polar surface area (TPSA) is 63.2 Å². The molecule has 0 spiro atoms. The summed E-state index contributed by atoms with van der Waals surface area (Å²) in [6.45, 7) is 4.10. The first-order valence-electron chi connectivity index (χ1n) is 5.42. The van der Waals surface area contributed by atoms with Crippen LogP contribution in [0.2, 0.25) is 0 Å². The molecule has 0 aromatic carbocycles.